The molecule has 0 aromatic carbocycles. The summed E-state index contributed by atoms with van der Waals surface area (Å²) in [6.45, 7) is 0.835. The van der Waals surface area contributed by atoms with Crippen molar-refractivity contribution in [3.63, 3.8) is 0 Å². The molecule has 0 aliphatic carbocycles. The molecular weight excluding hydrogens is 404 g/mol. The second-order valence-corrected chi connectivity index (χ2v) is 4.86. The zero-order valence-corrected chi connectivity index (χ0v) is 11.5. The third-order valence-electron chi connectivity index (χ3n) is 1.81. The van der Waals surface area contributed by atoms with Gasteiger partial charge in [-0.2, -0.15) is 0 Å². The average Bonchev–Trinajstić information content (AvgIpc) is 2.52. The van der Waals surface area contributed by atoms with Crippen molar-refractivity contribution < 1.29 is 0 Å². The Morgan fingerprint density at radius 1 is 1.36 bits per heavy atom. The van der Waals surface area contributed by atoms with E-state index in [9.17, 15) is 0 Å². The molecule has 0 saturated carbocycles. The molecule has 0 atom stereocenters. The third-order valence-corrected chi connectivity index (χ3v) is 4.76. The first-order valence-corrected chi connectivity index (χ1v) is 6.18. The number of aromatic nitrogens is 3. The molecule has 0 N–H and O–H groups in total. The van der Waals surface area contributed by atoms with E-state index in [1.807, 2.05) is 18.6 Å². The first kappa shape index (κ1) is 10.3. The van der Waals surface area contributed by atoms with Gasteiger partial charge in [0.2, 0.25) is 0 Å². The molecule has 0 aliphatic heterocycles. The van der Waals surface area contributed by atoms with Gasteiger partial charge in [-0.05, 0) is 56.8 Å². The number of nitrogens with zero attached hydrogens (tertiary/aromatic N) is 3. The topological polar surface area (TPSA) is 30.7 Å². The SMILES string of the molecule is Ic1ncn(Cc2cccnc2)c1I. The van der Waals surface area contributed by atoms with E-state index in [0.717, 1.165) is 10.2 Å². The van der Waals surface area contributed by atoms with Gasteiger partial charge >= 0.3 is 0 Å². The van der Waals surface area contributed by atoms with Crippen LogP contribution in [0.1, 0.15) is 5.56 Å². The largest absolute Gasteiger partial charge is 0.321 e. The van der Waals surface area contributed by atoms with Gasteiger partial charge in [-0.25, -0.2) is 4.98 Å². The predicted octanol–water partition coefficient (Wildman–Crippen LogP) is 2.54. The van der Waals surface area contributed by atoms with Crippen molar-refractivity contribution in [2.24, 2.45) is 0 Å². The Hall–Kier alpha value is -0.180. The molecule has 0 bridgehead atoms. The van der Waals surface area contributed by atoms with Crippen molar-refractivity contribution in [2.75, 3.05) is 0 Å². The summed E-state index contributed by atoms with van der Waals surface area (Å²) in [5.41, 5.74) is 1.19. The van der Waals surface area contributed by atoms with Gasteiger partial charge in [0, 0.05) is 12.4 Å². The van der Waals surface area contributed by atoms with Crippen LogP contribution >= 0.6 is 45.2 Å². The molecule has 0 spiro atoms. The van der Waals surface area contributed by atoms with E-state index in [-0.39, 0.29) is 0 Å². The number of hydrogen-bond donors (Lipinski definition) is 0. The molecule has 72 valence electrons. The van der Waals surface area contributed by atoms with Gasteiger partial charge in [0.15, 0.2) is 0 Å². The van der Waals surface area contributed by atoms with Crippen LogP contribution in [0.3, 0.4) is 0 Å². The molecule has 0 unspecified atom stereocenters. The fraction of sp³-hybridized carbons (Fsp3) is 0.111. The maximum atomic E-state index is 4.23. The Morgan fingerprint density at radius 3 is 2.79 bits per heavy atom. The highest BCUT2D eigenvalue weighted by molar-refractivity contribution is 14.1. The van der Waals surface area contributed by atoms with Gasteiger partial charge in [-0.15, -0.1) is 0 Å². The Kier molecular flexibility index (Phi) is 3.37. The van der Waals surface area contributed by atoms with E-state index in [0.29, 0.717) is 0 Å². The van der Waals surface area contributed by atoms with Crippen molar-refractivity contribution in [1.29, 1.82) is 0 Å². The Bertz CT molecular complexity index is 425. The van der Waals surface area contributed by atoms with E-state index in [1.165, 1.54) is 9.26 Å². The van der Waals surface area contributed by atoms with E-state index in [4.69, 9.17) is 0 Å². The fourth-order valence-corrected chi connectivity index (χ4v) is 2.01. The van der Waals surface area contributed by atoms with Crippen molar-refractivity contribution >= 4 is 45.2 Å². The van der Waals surface area contributed by atoms with E-state index < -0.39 is 0 Å². The Labute approximate surface area is 109 Å². The van der Waals surface area contributed by atoms with Crippen LogP contribution in [0.15, 0.2) is 30.9 Å². The molecule has 0 aliphatic rings. The standard InChI is InChI=1S/C9H7I2N3/c10-8-9(11)14(6-13-8)5-7-2-1-3-12-4-7/h1-4,6H,5H2. The summed E-state index contributed by atoms with van der Waals surface area (Å²) in [6, 6.07) is 4.01. The van der Waals surface area contributed by atoms with Gasteiger partial charge in [0.25, 0.3) is 0 Å². The summed E-state index contributed by atoms with van der Waals surface area (Å²) in [6.07, 6.45) is 5.52. The number of rotatable bonds is 2. The molecule has 2 aromatic rings. The van der Waals surface area contributed by atoms with Crippen LogP contribution in [0.4, 0.5) is 0 Å². The molecule has 0 fully saturated rings. The molecule has 0 amide bonds. The van der Waals surface area contributed by atoms with Crippen LogP contribution in [-0.2, 0) is 6.54 Å². The first-order valence-electron chi connectivity index (χ1n) is 4.02. The second kappa shape index (κ2) is 4.56. The van der Waals surface area contributed by atoms with Crippen LogP contribution in [-0.4, -0.2) is 14.5 Å². The number of pyridine rings is 1. The van der Waals surface area contributed by atoms with Gasteiger partial charge < -0.3 is 4.57 Å². The monoisotopic (exact) mass is 411 g/mol. The zero-order valence-electron chi connectivity index (χ0n) is 7.19. The predicted molar refractivity (Wildman–Crippen MR) is 71.0 cm³/mol. The minimum Gasteiger partial charge on any atom is -0.321 e. The Balaban J connectivity index is 2.23. The number of hydrogen-bond acceptors (Lipinski definition) is 2. The molecule has 2 aromatic heterocycles. The second-order valence-electron chi connectivity index (χ2n) is 2.82. The molecule has 0 saturated heterocycles. The smallest absolute Gasteiger partial charge is 0.132 e. The summed E-state index contributed by atoms with van der Waals surface area (Å²) < 4.78 is 4.33. The minimum atomic E-state index is 0.835. The van der Waals surface area contributed by atoms with Crippen LogP contribution < -0.4 is 0 Å². The van der Waals surface area contributed by atoms with E-state index in [2.05, 4.69) is 65.8 Å². The number of imidazole rings is 1. The fourth-order valence-electron chi connectivity index (χ4n) is 1.14. The maximum absolute atomic E-state index is 4.23. The third kappa shape index (κ3) is 2.25. The zero-order chi connectivity index (χ0) is 9.97. The highest BCUT2D eigenvalue weighted by atomic mass is 127. The van der Waals surface area contributed by atoms with Gasteiger partial charge in [-0.1, -0.05) is 6.07 Å². The summed E-state index contributed by atoms with van der Waals surface area (Å²) in [4.78, 5) is 8.31. The van der Waals surface area contributed by atoms with Crippen LogP contribution in [0.25, 0.3) is 0 Å². The molecule has 14 heavy (non-hydrogen) atoms. The van der Waals surface area contributed by atoms with Crippen LogP contribution in [0.5, 0.6) is 0 Å². The maximum Gasteiger partial charge on any atom is 0.132 e. The highest BCUT2D eigenvalue weighted by Gasteiger charge is 2.04. The van der Waals surface area contributed by atoms with Gasteiger partial charge in [0.05, 0.1) is 12.9 Å². The molecule has 2 rings (SSSR count). The lowest BCUT2D eigenvalue weighted by molar-refractivity contribution is 0.774. The molecule has 5 heteroatoms. The summed E-state index contributed by atoms with van der Waals surface area (Å²) in [5, 5.41) is 0. The number of halogens is 2. The quantitative estimate of drug-likeness (QED) is 0.712. The molecule has 3 nitrogen and oxygen atoms in total. The minimum absolute atomic E-state index is 0.835. The van der Waals surface area contributed by atoms with Gasteiger partial charge in [-0.3, -0.25) is 4.98 Å². The Morgan fingerprint density at radius 2 is 2.21 bits per heavy atom. The van der Waals surface area contributed by atoms with Crippen LogP contribution in [0.2, 0.25) is 0 Å². The summed E-state index contributed by atoms with van der Waals surface area (Å²) >= 11 is 4.53. The van der Waals surface area contributed by atoms with Crippen molar-refractivity contribution in [3.05, 3.63) is 43.8 Å². The lowest BCUT2D eigenvalue weighted by atomic mass is 10.3. The lowest BCUT2D eigenvalue weighted by Crippen LogP contribution is -2.00. The van der Waals surface area contributed by atoms with Gasteiger partial charge in [0.1, 0.15) is 7.40 Å². The summed E-state index contributed by atoms with van der Waals surface area (Å²) in [7, 11) is 0. The average molecular weight is 411 g/mol. The molecule has 0 radical (unpaired) electrons. The lowest BCUT2D eigenvalue weighted by Gasteiger charge is -2.03. The van der Waals surface area contributed by atoms with Crippen molar-refractivity contribution in [1.82, 2.24) is 14.5 Å². The van der Waals surface area contributed by atoms with Crippen molar-refractivity contribution in [3.8, 4) is 0 Å². The summed E-state index contributed by atoms with van der Waals surface area (Å²) in [5.74, 6) is 0. The van der Waals surface area contributed by atoms with Crippen LogP contribution in [0, 0.1) is 7.40 Å². The molecular formula is C9H7I2N3. The first-order chi connectivity index (χ1) is 6.77. The van der Waals surface area contributed by atoms with E-state index >= 15 is 0 Å². The van der Waals surface area contributed by atoms with Crippen molar-refractivity contribution in [2.45, 2.75) is 6.54 Å². The molecule has 2 heterocycles. The highest BCUT2D eigenvalue weighted by Crippen LogP contribution is 2.14. The normalized spacial score (nSPS) is 10.4. The van der Waals surface area contributed by atoms with E-state index in [1.54, 1.807) is 6.20 Å².